The largest absolute Gasteiger partial charge is 0.353 e. The molecule has 1 aliphatic rings. The van der Waals surface area contributed by atoms with Crippen LogP contribution in [0, 0.1) is 6.92 Å². The average Bonchev–Trinajstić information content (AvgIpc) is 2.79. The molecule has 0 spiro atoms. The summed E-state index contributed by atoms with van der Waals surface area (Å²) >= 11 is 0. The summed E-state index contributed by atoms with van der Waals surface area (Å²) in [5.74, 6) is -0.482. The van der Waals surface area contributed by atoms with Gasteiger partial charge in [0.05, 0.1) is 4.90 Å². The summed E-state index contributed by atoms with van der Waals surface area (Å²) < 4.78 is 28.2. The number of carbonyl (C=O) groups is 2. The second-order valence-electron chi connectivity index (χ2n) is 8.20. The Morgan fingerprint density at radius 1 is 1.00 bits per heavy atom. The highest BCUT2D eigenvalue weighted by molar-refractivity contribution is 7.89. The number of aryl methyl sites for hydroxylation is 1. The molecule has 7 nitrogen and oxygen atoms in total. The van der Waals surface area contributed by atoms with Crippen LogP contribution in [0.25, 0.3) is 0 Å². The summed E-state index contributed by atoms with van der Waals surface area (Å²) in [5.41, 5.74) is 1.63. The first-order chi connectivity index (χ1) is 15.3. The summed E-state index contributed by atoms with van der Waals surface area (Å²) in [4.78, 5) is 24.7. The molecule has 3 rings (SSSR count). The van der Waals surface area contributed by atoms with Crippen LogP contribution in [0.1, 0.15) is 60.0 Å². The third-order valence-electron chi connectivity index (χ3n) is 5.66. The Hall–Kier alpha value is -2.71. The molecule has 1 saturated carbocycles. The van der Waals surface area contributed by atoms with Crippen LogP contribution in [0.4, 0.5) is 0 Å². The summed E-state index contributed by atoms with van der Waals surface area (Å²) in [6, 6.07) is 14.0. The molecule has 172 valence electrons. The predicted octanol–water partition coefficient (Wildman–Crippen LogP) is 3.04. The predicted molar refractivity (Wildman–Crippen MR) is 124 cm³/mol. The number of sulfonamides is 1. The van der Waals surface area contributed by atoms with Crippen molar-refractivity contribution in [3.8, 4) is 0 Å². The molecule has 1 fully saturated rings. The minimum atomic E-state index is -3.79. The Morgan fingerprint density at radius 2 is 1.72 bits per heavy atom. The van der Waals surface area contributed by atoms with Gasteiger partial charge in [0.25, 0.3) is 5.91 Å². The molecule has 0 heterocycles. The van der Waals surface area contributed by atoms with Crippen molar-refractivity contribution in [1.29, 1.82) is 0 Å². The third-order valence-corrected chi connectivity index (χ3v) is 7.20. The van der Waals surface area contributed by atoms with E-state index >= 15 is 0 Å². The van der Waals surface area contributed by atoms with Crippen molar-refractivity contribution >= 4 is 21.8 Å². The van der Waals surface area contributed by atoms with E-state index in [1.807, 2.05) is 30.3 Å². The summed E-state index contributed by atoms with van der Waals surface area (Å²) in [7, 11) is -3.79. The van der Waals surface area contributed by atoms with E-state index in [0.717, 1.165) is 31.2 Å². The second-order valence-corrected chi connectivity index (χ2v) is 9.93. The summed E-state index contributed by atoms with van der Waals surface area (Å²) in [6.07, 6.45) is 5.71. The molecule has 0 bridgehead atoms. The zero-order chi connectivity index (χ0) is 23.0. The van der Waals surface area contributed by atoms with Crippen LogP contribution in [-0.4, -0.2) is 32.8 Å². The van der Waals surface area contributed by atoms with Crippen molar-refractivity contribution in [2.45, 2.75) is 62.9 Å². The van der Waals surface area contributed by atoms with Crippen LogP contribution in [0.15, 0.2) is 53.4 Å². The number of hydrogen-bond donors (Lipinski definition) is 3. The van der Waals surface area contributed by atoms with Crippen molar-refractivity contribution in [3.63, 3.8) is 0 Å². The highest BCUT2D eigenvalue weighted by Crippen LogP contribution is 2.18. The smallest absolute Gasteiger partial charge is 0.251 e. The van der Waals surface area contributed by atoms with E-state index in [1.54, 1.807) is 19.1 Å². The zero-order valence-corrected chi connectivity index (χ0v) is 19.2. The van der Waals surface area contributed by atoms with Gasteiger partial charge in [-0.3, -0.25) is 9.59 Å². The number of nitrogens with one attached hydrogen (secondary N) is 3. The van der Waals surface area contributed by atoms with E-state index in [0.29, 0.717) is 5.56 Å². The third kappa shape index (κ3) is 6.90. The van der Waals surface area contributed by atoms with Crippen molar-refractivity contribution < 1.29 is 18.0 Å². The maximum absolute atomic E-state index is 12.8. The zero-order valence-electron chi connectivity index (χ0n) is 18.4. The van der Waals surface area contributed by atoms with E-state index in [2.05, 4.69) is 15.4 Å². The first-order valence-corrected chi connectivity index (χ1v) is 12.6. The van der Waals surface area contributed by atoms with Gasteiger partial charge in [-0.05, 0) is 43.0 Å². The fourth-order valence-corrected chi connectivity index (χ4v) is 5.11. The highest BCUT2D eigenvalue weighted by Gasteiger charge is 2.19. The molecule has 3 N–H and O–H groups in total. The molecule has 0 aromatic heterocycles. The Labute approximate surface area is 190 Å². The molecule has 0 aliphatic heterocycles. The lowest BCUT2D eigenvalue weighted by atomic mass is 9.95. The molecule has 0 atom stereocenters. The number of amides is 2. The molecule has 1 aliphatic carbocycles. The van der Waals surface area contributed by atoms with E-state index in [1.165, 1.54) is 12.5 Å². The van der Waals surface area contributed by atoms with Crippen LogP contribution in [0.3, 0.4) is 0 Å². The fourth-order valence-electron chi connectivity index (χ4n) is 3.82. The van der Waals surface area contributed by atoms with Crippen molar-refractivity contribution in [2.24, 2.45) is 0 Å². The lowest BCUT2D eigenvalue weighted by Gasteiger charge is -2.22. The van der Waals surface area contributed by atoms with Gasteiger partial charge in [0.2, 0.25) is 15.9 Å². The monoisotopic (exact) mass is 457 g/mol. The van der Waals surface area contributed by atoms with Gasteiger partial charge in [-0.25, -0.2) is 13.1 Å². The minimum absolute atomic E-state index is 0.0659. The minimum Gasteiger partial charge on any atom is -0.353 e. The topological polar surface area (TPSA) is 104 Å². The molecule has 0 saturated heterocycles. The second kappa shape index (κ2) is 11.2. The average molecular weight is 458 g/mol. The Kier molecular flexibility index (Phi) is 8.41. The SMILES string of the molecule is Cc1ccc(C(=O)NCCC(=O)NC2CCCCC2)cc1S(=O)(=O)NCc1ccccc1. The number of rotatable bonds is 9. The molecule has 0 radical (unpaired) electrons. The van der Waals surface area contributed by atoms with Gasteiger partial charge < -0.3 is 10.6 Å². The van der Waals surface area contributed by atoms with Crippen LogP contribution in [0.5, 0.6) is 0 Å². The van der Waals surface area contributed by atoms with Gasteiger partial charge in [-0.1, -0.05) is 55.7 Å². The Balaban J connectivity index is 1.55. The molecule has 8 heteroatoms. The number of benzene rings is 2. The number of carbonyl (C=O) groups excluding carboxylic acids is 2. The Bertz CT molecular complexity index is 1030. The van der Waals surface area contributed by atoms with Gasteiger partial charge in [-0.2, -0.15) is 0 Å². The molecule has 2 amide bonds. The van der Waals surface area contributed by atoms with Crippen LogP contribution >= 0.6 is 0 Å². The molecule has 2 aromatic rings. The van der Waals surface area contributed by atoms with Gasteiger partial charge in [0.15, 0.2) is 0 Å². The molecule has 0 unspecified atom stereocenters. The maximum Gasteiger partial charge on any atom is 0.251 e. The molecule has 2 aromatic carbocycles. The molecular weight excluding hydrogens is 426 g/mol. The van der Waals surface area contributed by atoms with Gasteiger partial charge >= 0.3 is 0 Å². The molecular formula is C24H31N3O4S. The van der Waals surface area contributed by atoms with Crippen molar-refractivity contribution in [3.05, 3.63) is 65.2 Å². The van der Waals surface area contributed by atoms with Gasteiger partial charge in [0.1, 0.15) is 0 Å². The Morgan fingerprint density at radius 3 is 2.44 bits per heavy atom. The summed E-state index contributed by atoms with van der Waals surface area (Å²) in [6.45, 7) is 2.04. The van der Waals surface area contributed by atoms with Crippen LogP contribution < -0.4 is 15.4 Å². The lowest BCUT2D eigenvalue weighted by molar-refractivity contribution is -0.121. The first kappa shape index (κ1) is 23.9. The highest BCUT2D eigenvalue weighted by atomic mass is 32.2. The van der Waals surface area contributed by atoms with E-state index in [-0.39, 0.29) is 41.9 Å². The number of hydrogen-bond acceptors (Lipinski definition) is 4. The van der Waals surface area contributed by atoms with Gasteiger partial charge in [-0.15, -0.1) is 0 Å². The van der Waals surface area contributed by atoms with E-state index < -0.39 is 15.9 Å². The van der Waals surface area contributed by atoms with Crippen molar-refractivity contribution in [2.75, 3.05) is 6.54 Å². The van der Waals surface area contributed by atoms with E-state index in [4.69, 9.17) is 0 Å². The van der Waals surface area contributed by atoms with Crippen LogP contribution in [-0.2, 0) is 21.4 Å². The quantitative estimate of drug-likeness (QED) is 0.538. The van der Waals surface area contributed by atoms with Crippen LogP contribution in [0.2, 0.25) is 0 Å². The van der Waals surface area contributed by atoms with Gasteiger partial charge in [0, 0.05) is 31.1 Å². The lowest BCUT2D eigenvalue weighted by Crippen LogP contribution is -2.38. The fraction of sp³-hybridized carbons (Fsp3) is 0.417. The standard InChI is InChI=1S/C24H31N3O4S/c1-18-12-13-20(16-22(18)32(30,31)26-17-19-8-4-2-5-9-19)24(29)25-15-14-23(28)27-21-10-6-3-7-11-21/h2,4-5,8-9,12-13,16,21,26H,3,6-7,10-11,14-15,17H2,1H3,(H,25,29)(H,27,28). The molecule has 32 heavy (non-hydrogen) atoms. The summed E-state index contributed by atoms with van der Waals surface area (Å²) in [5, 5.41) is 5.73. The van der Waals surface area contributed by atoms with E-state index in [9.17, 15) is 18.0 Å². The maximum atomic E-state index is 12.8. The normalized spacial score (nSPS) is 14.7. The first-order valence-electron chi connectivity index (χ1n) is 11.1. The van der Waals surface area contributed by atoms with Crippen molar-refractivity contribution in [1.82, 2.24) is 15.4 Å².